The minimum absolute atomic E-state index is 0.00592. The van der Waals surface area contributed by atoms with Crippen molar-refractivity contribution in [2.45, 2.75) is 18.4 Å². The number of aryl methyl sites for hydroxylation is 1. The molecule has 0 aliphatic rings. The molecule has 4 aromatic rings. The Hall–Kier alpha value is -4.01. The van der Waals surface area contributed by atoms with Crippen LogP contribution in [-0.2, 0) is 16.6 Å². The van der Waals surface area contributed by atoms with Crippen molar-refractivity contribution < 1.29 is 22.7 Å². The lowest BCUT2D eigenvalue weighted by Crippen LogP contribution is -2.32. The maximum Gasteiger partial charge on any atom is 0.264 e. The van der Waals surface area contributed by atoms with E-state index in [1.807, 2.05) is 6.92 Å². The second-order valence-electron chi connectivity index (χ2n) is 8.49. The van der Waals surface area contributed by atoms with Gasteiger partial charge in [0.25, 0.3) is 15.9 Å². The Morgan fingerprint density at radius 3 is 2.18 bits per heavy atom. The molecule has 1 N–H and O–H groups in total. The molecule has 0 saturated heterocycles. The van der Waals surface area contributed by atoms with Crippen LogP contribution in [0.3, 0.4) is 0 Å². The molecule has 0 spiro atoms. The van der Waals surface area contributed by atoms with Crippen molar-refractivity contribution in [1.82, 2.24) is 0 Å². The fraction of sp³-hybridized carbons (Fsp3) is 0.138. The molecule has 0 radical (unpaired) electrons. The van der Waals surface area contributed by atoms with Crippen molar-refractivity contribution in [1.29, 1.82) is 0 Å². The van der Waals surface area contributed by atoms with E-state index in [-0.39, 0.29) is 22.7 Å². The minimum Gasteiger partial charge on any atom is -0.493 e. The smallest absolute Gasteiger partial charge is 0.264 e. The summed E-state index contributed by atoms with van der Waals surface area (Å²) in [5, 5.41) is 3.37. The summed E-state index contributed by atoms with van der Waals surface area (Å²) in [5.41, 5.74) is 2.53. The van der Waals surface area contributed by atoms with Gasteiger partial charge in [-0.3, -0.25) is 9.10 Å². The van der Waals surface area contributed by atoms with Crippen LogP contribution in [-0.4, -0.2) is 28.5 Å². The number of nitrogens with zero attached hydrogens (tertiary/aromatic N) is 1. The summed E-state index contributed by atoms with van der Waals surface area (Å²) in [7, 11) is -1.02. The zero-order chi connectivity index (χ0) is 27.3. The van der Waals surface area contributed by atoms with Crippen molar-refractivity contribution in [3.63, 3.8) is 0 Å². The monoisotopic (exact) mass is 550 g/mol. The third kappa shape index (κ3) is 5.93. The van der Waals surface area contributed by atoms with E-state index in [9.17, 15) is 13.2 Å². The third-order valence-electron chi connectivity index (χ3n) is 5.91. The number of anilines is 2. The fourth-order valence-corrected chi connectivity index (χ4v) is 5.49. The molecule has 0 aliphatic heterocycles. The average Bonchev–Trinajstić information content (AvgIpc) is 2.92. The largest absolute Gasteiger partial charge is 0.493 e. The Morgan fingerprint density at radius 1 is 0.868 bits per heavy atom. The van der Waals surface area contributed by atoms with Crippen LogP contribution in [0, 0.1) is 6.92 Å². The van der Waals surface area contributed by atoms with Crippen LogP contribution >= 0.6 is 11.6 Å². The number of methoxy groups -OCH3 is 2. The Morgan fingerprint density at radius 2 is 1.53 bits per heavy atom. The Balaban J connectivity index is 1.77. The van der Waals surface area contributed by atoms with Gasteiger partial charge in [0.15, 0.2) is 11.5 Å². The van der Waals surface area contributed by atoms with E-state index < -0.39 is 15.9 Å². The van der Waals surface area contributed by atoms with Gasteiger partial charge in [0, 0.05) is 16.8 Å². The molecule has 0 heterocycles. The molecule has 1 amide bonds. The van der Waals surface area contributed by atoms with E-state index in [4.69, 9.17) is 21.1 Å². The van der Waals surface area contributed by atoms with E-state index >= 15 is 0 Å². The Bertz CT molecular complexity index is 1540. The average molecular weight is 551 g/mol. The predicted octanol–water partition coefficient (Wildman–Crippen LogP) is 6.31. The highest BCUT2D eigenvalue weighted by Crippen LogP contribution is 2.32. The van der Waals surface area contributed by atoms with Gasteiger partial charge in [-0.2, -0.15) is 0 Å². The van der Waals surface area contributed by atoms with E-state index in [1.54, 1.807) is 91.0 Å². The first-order valence-electron chi connectivity index (χ1n) is 11.7. The second kappa shape index (κ2) is 11.6. The summed E-state index contributed by atoms with van der Waals surface area (Å²) < 4.78 is 39.7. The molecule has 0 aliphatic carbocycles. The number of halogens is 1. The van der Waals surface area contributed by atoms with Crippen LogP contribution in [0.5, 0.6) is 11.5 Å². The van der Waals surface area contributed by atoms with E-state index in [2.05, 4.69) is 5.32 Å². The van der Waals surface area contributed by atoms with Gasteiger partial charge in [0.2, 0.25) is 0 Å². The minimum atomic E-state index is -4.04. The fourth-order valence-electron chi connectivity index (χ4n) is 3.89. The number of hydrogen-bond acceptors (Lipinski definition) is 5. The molecule has 0 fully saturated rings. The quantitative estimate of drug-likeness (QED) is 0.264. The first kappa shape index (κ1) is 27.0. The summed E-state index contributed by atoms with van der Waals surface area (Å²) in [6, 6.07) is 25.1. The van der Waals surface area contributed by atoms with Crippen LogP contribution in [0.25, 0.3) is 0 Å². The van der Waals surface area contributed by atoms with Gasteiger partial charge in [-0.1, -0.05) is 53.6 Å². The number of hydrogen-bond donors (Lipinski definition) is 1. The highest BCUT2D eigenvalue weighted by atomic mass is 35.5. The molecule has 9 heteroatoms. The van der Waals surface area contributed by atoms with Gasteiger partial charge < -0.3 is 14.8 Å². The van der Waals surface area contributed by atoms with Crippen molar-refractivity contribution in [2.75, 3.05) is 23.8 Å². The van der Waals surface area contributed by atoms with Gasteiger partial charge in [-0.15, -0.1) is 0 Å². The van der Waals surface area contributed by atoms with Crippen LogP contribution in [0.4, 0.5) is 11.4 Å². The van der Waals surface area contributed by atoms with E-state index in [0.29, 0.717) is 27.8 Å². The summed E-state index contributed by atoms with van der Waals surface area (Å²) >= 11 is 6.05. The number of carbonyl (C=O) groups is 1. The maximum absolute atomic E-state index is 13.9. The molecule has 4 aromatic carbocycles. The van der Waals surface area contributed by atoms with Gasteiger partial charge in [0.1, 0.15) is 0 Å². The van der Waals surface area contributed by atoms with Crippen molar-refractivity contribution in [3.8, 4) is 11.5 Å². The molecule has 0 aromatic heterocycles. The van der Waals surface area contributed by atoms with Crippen LogP contribution in [0.2, 0.25) is 5.02 Å². The van der Waals surface area contributed by atoms with Gasteiger partial charge in [0.05, 0.1) is 36.9 Å². The number of para-hydroxylation sites is 1. The zero-order valence-corrected chi connectivity index (χ0v) is 22.7. The van der Waals surface area contributed by atoms with Crippen LogP contribution in [0.15, 0.2) is 95.9 Å². The molecule has 0 unspecified atom stereocenters. The SMILES string of the molecule is COc1ccc(NC(=O)c2ccccc2N(Cc2ccc(Cl)cc2)S(=O)(=O)c2ccc(C)cc2)cc1OC. The summed E-state index contributed by atoms with van der Waals surface area (Å²) in [6.45, 7) is 1.88. The highest BCUT2D eigenvalue weighted by Gasteiger charge is 2.29. The third-order valence-corrected chi connectivity index (χ3v) is 7.93. The first-order chi connectivity index (χ1) is 18.2. The van der Waals surface area contributed by atoms with Crippen molar-refractivity contribution in [3.05, 3.63) is 113 Å². The molecule has 4 rings (SSSR count). The Labute approximate surface area is 227 Å². The number of carbonyl (C=O) groups excluding carboxylic acids is 1. The molecule has 0 atom stereocenters. The second-order valence-corrected chi connectivity index (χ2v) is 10.8. The Kier molecular flexibility index (Phi) is 8.24. The molecule has 0 saturated carbocycles. The number of amides is 1. The first-order valence-corrected chi connectivity index (χ1v) is 13.5. The topological polar surface area (TPSA) is 84.9 Å². The summed E-state index contributed by atoms with van der Waals surface area (Å²) in [6.07, 6.45) is 0. The molecule has 7 nitrogen and oxygen atoms in total. The molecule has 38 heavy (non-hydrogen) atoms. The lowest BCUT2D eigenvalue weighted by molar-refractivity contribution is 0.102. The molecule has 0 bridgehead atoms. The van der Waals surface area contributed by atoms with Crippen LogP contribution < -0.4 is 19.1 Å². The van der Waals surface area contributed by atoms with Crippen LogP contribution in [0.1, 0.15) is 21.5 Å². The van der Waals surface area contributed by atoms with E-state index in [0.717, 1.165) is 5.56 Å². The van der Waals surface area contributed by atoms with Crippen molar-refractivity contribution in [2.24, 2.45) is 0 Å². The molecular weight excluding hydrogens is 524 g/mol. The lowest BCUT2D eigenvalue weighted by atomic mass is 10.1. The maximum atomic E-state index is 13.9. The van der Waals surface area contributed by atoms with Gasteiger partial charge >= 0.3 is 0 Å². The number of sulfonamides is 1. The predicted molar refractivity (Wildman–Crippen MR) is 150 cm³/mol. The van der Waals surface area contributed by atoms with Gasteiger partial charge in [-0.05, 0) is 61.0 Å². The number of ether oxygens (including phenoxy) is 2. The van der Waals surface area contributed by atoms with Crippen molar-refractivity contribution >= 4 is 38.9 Å². The van der Waals surface area contributed by atoms with E-state index in [1.165, 1.54) is 18.5 Å². The number of nitrogens with one attached hydrogen (secondary N) is 1. The summed E-state index contributed by atoms with van der Waals surface area (Å²) in [5.74, 6) is 0.488. The standard InChI is InChI=1S/C29H27ClN2O5S/c1-20-8-15-24(16-9-20)38(34,35)32(19-21-10-12-22(30)13-11-21)26-7-5-4-6-25(26)29(33)31-23-14-17-27(36-2)28(18-23)37-3/h4-18H,19H2,1-3H3,(H,31,33). The van der Waals surface area contributed by atoms with Gasteiger partial charge in [-0.25, -0.2) is 8.42 Å². The summed E-state index contributed by atoms with van der Waals surface area (Å²) in [4.78, 5) is 13.6. The lowest BCUT2D eigenvalue weighted by Gasteiger charge is -2.27. The number of benzene rings is 4. The molecule has 196 valence electrons. The number of rotatable bonds is 9. The highest BCUT2D eigenvalue weighted by molar-refractivity contribution is 7.92. The normalized spacial score (nSPS) is 11.1. The molecular formula is C29H27ClN2O5S. The zero-order valence-electron chi connectivity index (χ0n) is 21.1.